The molecule has 2 heterocycles. The predicted molar refractivity (Wildman–Crippen MR) is 211 cm³/mol. The van der Waals surface area contributed by atoms with Gasteiger partial charge in [0.1, 0.15) is 63.2 Å². The van der Waals surface area contributed by atoms with E-state index in [0.717, 1.165) is 55.7 Å². The van der Waals surface area contributed by atoms with E-state index >= 15 is 0 Å². The fourth-order valence-corrected chi connectivity index (χ4v) is 6.61. The van der Waals surface area contributed by atoms with Gasteiger partial charge in [0.15, 0.2) is 0 Å². The number of carbonyl (C=O) groups excluding carboxylic acids is 2. The van der Waals surface area contributed by atoms with Crippen molar-refractivity contribution in [3.63, 3.8) is 0 Å². The van der Waals surface area contributed by atoms with Gasteiger partial charge in [0, 0.05) is 61.5 Å². The molecule has 3 aromatic carbocycles. The van der Waals surface area contributed by atoms with E-state index in [2.05, 4.69) is 51.9 Å². The minimum atomic E-state index is -0.392. The van der Waals surface area contributed by atoms with Crippen LogP contribution in [0, 0.1) is 6.92 Å². The Morgan fingerprint density at radius 1 is 0.796 bits per heavy atom. The van der Waals surface area contributed by atoms with Gasteiger partial charge in [0.2, 0.25) is 5.36 Å². The van der Waals surface area contributed by atoms with Crippen molar-refractivity contribution in [2.45, 2.75) is 6.92 Å². The Morgan fingerprint density at radius 3 is 2.19 bits per heavy atom. The van der Waals surface area contributed by atoms with E-state index in [1.807, 2.05) is 75.2 Å². The first-order valence-electron chi connectivity index (χ1n) is 18.0. The highest BCUT2D eigenvalue weighted by molar-refractivity contribution is 6.03. The minimum Gasteiger partial charge on any atom is -0.488 e. The van der Waals surface area contributed by atoms with Gasteiger partial charge in [0.05, 0.1) is 44.9 Å². The Balaban J connectivity index is 1.46. The fourth-order valence-electron chi connectivity index (χ4n) is 6.61. The average molecular weight is 738 g/mol. The zero-order chi connectivity index (χ0) is 38.4. The summed E-state index contributed by atoms with van der Waals surface area (Å²) in [7, 11) is 10.8. The van der Waals surface area contributed by atoms with Crippen molar-refractivity contribution in [2.24, 2.45) is 0 Å². The lowest BCUT2D eigenvalue weighted by Crippen LogP contribution is -2.36. The van der Waals surface area contributed by atoms with E-state index in [0.29, 0.717) is 43.5 Å². The molecule has 0 bridgehead atoms. The molecule has 3 aliphatic rings. The monoisotopic (exact) mass is 737 g/mol. The van der Waals surface area contributed by atoms with Crippen molar-refractivity contribution < 1.29 is 37.7 Å². The van der Waals surface area contributed by atoms with Crippen LogP contribution in [0.3, 0.4) is 0 Å². The molecule has 0 spiro atoms. The second-order valence-electron chi connectivity index (χ2n) is 13.5. The van der Waals surface area contributed by atoms with Gasteiger partial charge in [-0.1, -0.05) is 18.2 Å². The van der Waals surface area contributed by atoms with E-state index in [4.69, 9.17) is 28.1 Å². The molecule has 6 rings (SSSR count). The second kappa shape index (κ2) is 16.9. The lowest BCUT2D eigenvalue weighted by molar-refractivity contribution is -0.139. The van der Waals surface area contributed by atoms with Crippen LogP contribution in [0.25, 0.3) is 33.4 Å². The summed E-state index contributed by atoms with van der Waals surface area (Å²) in [6, 6.07) is 24.3. The normalized spacial score (nSPS) is 13.8. The van der Waals surface area contributed by atoms with Crippen LogP contribution in [0.1, 0.15) is 5.56 Å². The first-order chi connectivity index (χ1) is 26.1. The van der Waals surface area contributed by atoms with Crippen molar-refractivity contribution >= 4 is 40.0 Å². The van der Waals surface area contributed by atoms with Crippen molar-refractivity contribution in [1.82, 2.24) is 4.58 Å². The quantitative estimate of drug-likeness (QED) is 0.133. The molecular formula is C42H49N4O8+. The maximum atomic E-state index is 12.7. The Kier molecular flexibility index (Phi) is 11.9. The van der Waals surface area contributed by atoms with Crippen LogP contribution < -0.4 is 34.1 Å². The molecule has 284 valence electrons. The van der Waals surface area contributed by atoms with Gasteiger partial charge in [-0.25, -0.2) is 4.58 Å². The first-order valence-corrected chi connectivity index (χ1v) is 18.0. The van der Waals surface area contributed by atoms with Crippen LogP contribution in [-0.4, -0.2) is 107 Å². The SMILES string of the molecule is COC(=O)CN1CCOCCN(CC(=O)OC)c2cccc(C)c2OCCOc2cc(-c3c4ccc(=[N+](C)C)cc-4oc4cc(N(C)C)ccc34)ccc21. The van der Waals surface area contributed by atoms with Gasteiger partial charge in [-0.15, -0.1) is 0 Å². The highest BCUT2D eigenvalue weighted by Gasteiger charge is 2.24. The summed E-state index contributed by atoms with van der Waals surface area (Å²) in [4.78, 5) is 31.0. The number of aryl methyl sites for hydroxylation is 1. The summed E-state index contributed by atoms with van der Waals surface area (Å²) in [5.74, 6) is 1.22. The number of methoxy groups -OCH3 is 2. The van der Waals surface area contributed by atoms with E-state index in [-0.39, 0.29) is 32.3 Å². The molecule has 0 saturated heterocycles. The number of hydrogen-bond donors (Lipinski definition) is 0. The third-order valence-corrected chi connectivity index (χ3v) is 9.54. The first kappa shape index (κ1) is 38.0. The predicted octanol–water partition coefficient (Wildman–Crippen LogP) is 5.06. The van der Waals surface area contributed by atoms with E-state index in [1.54, 1.807) is 0 Å². The van der Waals surface area contributed by atoms with Gasteiger partial charge in [-0.2, -0.15) is 0 Å². The molecule has 0 radical (unpaired) electrons. The Hall–Kier alpha value is -5.75. The van der Waals surface area contributed by atoms with Gasteiger partial charge in [-0.05, 0) is 54.4 Å². The Bertz CT molecular complexity index is 2170. The Morgan fingerprint density at radius 2 is 1.50 bits per heavy atom. The van der Waals surface area contributed by atoms with Crippen LogP contribution in [0.2, 0.25) is 0 Å². The average Bonchev–Trinajstić information content (AvgIpc) is 3.17. The van der Waals surface area contributed by atoms with Crippen LogP contribution in [-0.2, 0) is 23.8 Å². The van der Waals surface area contributed by atoms with Crippen LogP contribution in [0.5, 0.6) is 11.5 Å². The molecule has 54 heavy (non-hydrogen) atoms. The number of anilines is 3. The molecule has 1 aliphatic carbocycles. The number of esters is 2. The topological polar surface area (TPSA) is 106 Å². The van der Waals surface area contributed by atoms with Gasteiger partial charge in [0.25, 0.3) is 0 Å². The number of para-hydroxylation sites is 1. The Labute approximate surface area is 316 Å². The summed E-state index contributed by atoms with van der Waals surface area (Å²) < 4.78 is 37.8. The van der Waals surface area contributed by atoms with E-state index in [9.17, 15) is 9.59 Å². The largest absolute Gasteiger partial charge is 0.488 e. The van der Waals surface area contributed by atoms with Crippen LogP contribution in [0.15, 0.2) is 77.2 Å². The highest BCUT2D eigenvalue weighted by atomic mass is 16.5. The third kappa shape index (κ3) is 8.39. The number of nitrogens with zero attached hydrogens (tertiary/aromatic N) is 4. The highest BCUT2D eigenvalue weighted by Crippen LogP contribution is 2.43. The number of ether oxygens (including phenoxy) is 5. The molecule has 0 unspecified atom stereocenters. The molecule has 0 N–H and O–H groups in total. The number of fused-ring (bicyclic) bond motifs is 4. The number of rotatable bonds is 6. The minimum absolute atomic E-state index is 0.0120. The molecule has 12 heteroatoms. The van der Waals surface area contributed by atoms with Gasteiger partial charge >= 0.3 is 11.9 Å². The van der Waals surface area contributed by atoms with Crippen molar-refractivity contribution in [3.05, 3.63) is 83.7 Å². The zero-order valence-electron chi connectivity index (χ0n) is 32.1. The fraction of sp³-hybridized carbons (Fsp3) is 0.357. The maximum Gasteiger partial charge on any atom is 0.325 e. The molecule has 0 fully saturated rings. The molecule has 0 amide bonds. The van der Waals surface area contributed by atoms with E-state index in [1.165, 1.54) is 14.2 Å². The van der Waals surface area contributed by atoms with Crippen molar-refractivity contribution in [2.75, 3.05) is 110 Å². The number of hydrogen-bond acceptors (Lipinski definition) is 11. The second-order valence-corrected chi connectivity index (χ2v) is 13.5. The lowest BCUT2D eigenvalue weighted by atomic mass is 9.93. The maximum absolute atomic E-state index is 12.7. The molecule has 0 aromatic heterocycles. The number of carbonyl (C=O) groups is 2. The molecule has 3 aromatic rings. The van der Waals surface area contributed by atoms with Gasteiger partial charge < -0.3 is 42.8 Å². The summed E-state index contributed by atoms with van der Waals surface area (Å²) in [6.07, 6.45) is 0. The zero-order valence-corrected chi connectivity index (χ0v) is 32.1. The standard InChI is InChI=1S/C42H49N4O8/c1-28-9-8-10-35-42(28)53-22-21-52-38-23-29(11-16-34(38)45(26-39(47)49-6)17-19-51-20-18-46(35)27-40(48)50-7)41-32-14-12-30(43(2)3)24-36(32)54-37-25-31(44(4)5)13-15-33(37)41/h8-16,23-25H,17-22,26-27H2,1-7H3/q+1. The molecule has 0 saturated carbocycles. The summed E-state index contributed by atoms with van der Waals surface area (Å²) in [6.45, 7) is 3.83. The van der Waals surface area contributed by atoms with Crippen LogP contribution >= 0.6 is 0 Å². The summed E-state index contributed by atoms with van der Waals surface area (Å²) in [5.41, 5.74) is 7.04. The summed E-state index contributed by atoms with van der Waals surface area (Å²) >= 11 is 0. The number of benzene rings is 4. The van der Waals surface area contributed by atoms with Crippen molar-refractivity contribution in [1.29, 1.82) is 0 Å². The molecule has 12 nitrogen and oxygen atoms in total. The van der Waals surface area contributed by atoms with Crippen LogP contribution in [0.4, 0.5) is 17.1 Å². The van der Waals surface area contributed by atoms with E-state index < -0.39 is 5.97 Å². The lowest BCUT2D eigenvalue weighted by Gasteiger charge is -2.27. The molecule has 0 atom stereocenters. The summed E-state index contributed by atoms with van der Waals surface area (Å²) in [5, 5.41) is 1.98. The molecule has 2 aliphatic heterocycles. The van der Waals surface area contributed by atoms with Gasteiger partial charge in [-0.3, -0.25) is 9.59 Å². The van der Waals surface area contributed by atoms with Crippen molar-refractivity contribution in [3.8, 4) is 33.9 Å². The third-order valence-electron chi connectivity index (χ3n) is 9.54. The smallest absolute Gasteiger partial charge is 0.325 e. The molecular weight excluding hydrogens is 688 g/mol.